The number of aliphatic hydroxyl groups excluding tert-OH is 2. The van der Waals surface area contributed by atoms with Gasteiger partial charge in [-0.3, -0.25) is 4.90 Å². The molecule has 7 rings (SSSR count). The van der Waals surface area contributed by atoms with Gasteiger partial charge in [-0.1, -0.05) is 77.8 Å². The van der Waals surface area contributed by atoms with Crippen molar-refractivity contribution in [1.29, 1.82) is 0 Å². The summed E-state index contributed by atoms with van der Waals surface area (Å²) in [6, 6.07) is 13.6. The van der Waals surface area contributed by atoms with Crippen LogP contribution in [0.2, 0.25) is 16.6 Å². The van der Waals surface area contributed by atoms with Crippen LogP contribution >= 0.6 is 0 Å². The van der Waals surface area contributed by atoms with E-state index in [-0.39, 0.29) is 69.6 Å². The Morgan fingerprint density at radius 3 is 2.52 bits per heavy atom. The minimum atomic E-state index is -2.34. The molecule has 3 atom stereocenters. The number of anilines is 1. The Morgan fingerprint density at radius 2 is 1.79 bits per heavy atom. The summed E-state index contributed by atoms with van der Waals surface area (Å²) < 4.78 is 65.9. The first kappa shape index (κ1) is 45.2. The molecular formula is C48H58F3N5O5Si. The summed E-state index contributed by atoms with van der Waals surface area (Å²) in [6.45, 7) is 14.3. The summed E-state index contributed by atoms with van der Waals surface area (Å²) in [7, 11) is -0.845. The molecule has 62 heavy (non-hydrogen) atoms. The first-order valence-corrected chi connectivity index (χ1v) is 23.9. The Balaban J connectivity index is 1.40. The monoisotopic (exact) mass is 869 g/mol. The maximum atomic E-state index is 17.6. The van der Waals surface area contributed by atoms with Gasteiger partial charge >= 0.3 is 6.01 Å². The van der Waals surface area contributed by atoms with Crippen molar-refractivity contribution in [3.8, 4) is 34.5 Å². The van der Waals surface area contributed by atoms with Gasteiger partial charge < -0.3 is 29.7 Å². The van der Waals surface area contributed by atoms with Crippen LogP contribution in [-0.4, -0.2) is 96.6 Å². The summed E-state index contributed by atoms with van der Waals surface area (Å²) in [5, 5.41) is 24.4. The number of aromatic nitrogens is 3. The van der Waals surface area contributed by atoms with Gasteiger partial charge in [-0.15, -0.1) is 5.54 Å². The normalized spacial score (nSPS) is 18.5. The maximum Gasteiger partial charge on any atom is 0.317 e. The quantitative estimate of drug-likeness (QED) is 0.0503. The topological polar surface area (TPSA) is 122 Å². The highest BCUT2D eigenvalue weighted by Gasteiger charge is 2.49. The van der Waals surface area contributed by atoms with Crippen LogP contribution in [0, 0.1) is 23.1 Å². The summed E-state index contributed by atoms with van der Waals surface area (Å²) in [5.41, 5.74) is 5.74. The summed E-state index contributed by atoms with van der Waals surface area (Å²) in [4.78, 5) is 16.2. The van der Waals surface area contributed by atoms with Crippen LogP contribution in [0.1, 0.15) is 83.6 Å². The fourth-order valence-corrected chi connectivity index (χ4v) is 15.2. The first-order valence-electron chi connectivity index (χ1n) is 21.6. The molecule has 3 N–H and O–H groups in total. The molecular weight excluding hydrogens is 812 g/mol. The van der Waals surface area contributed by atoms with E-state index < -0.39 is 44.1 Å². The molecule has 0 saturated carbocycles. The average molecular weight is 870 g/mol. The smallest absolute Gasteiger partial charge is 0.317 e. The lowest BCUT2D eigenvalue weighted by Gasteiger charge is -2.38. The van der Waals surface area contributed by atoms with E-state index in [0.29, 0.717) is 48.0 Å². The molecule has 2 aliphatic rings. The van der Waals surface area contributed by atoms with E-state index in [1.807, 2.05) is 18.2 Å². The predicted molar refractivity (Wildman–Crippen MR) is 240 cm³/mol. The van der Waals surface area contributed by atoms with E-state index in [1.54, 1.807) is 24.3 Å². The summed E-state index contributed by atoms with van der Waals surface area (Å²) in [6.07, 6.45) is 2.06. The van der Waals surface area contributed by atoms with E-state index in [1.165, 1.54) is 19.4 Å². The molecule has 0 amide bonds. The number of nitrogens with zero attached hydrogens (tertiary/aromatic N) is 4. The molecule has 2 aliphatic heterocycles. The van der Waals surface area contributed by atoms with Gasteiger partial charge in [-0.2, -0.15) is 4.98 Å². The van der Waals surface area contributed by atoms with E-state index in [2.05, 4.69) is 73.2 Å². The molecule has 1 unspecified atom stereocenters. The van der Waals surface area contributed by atoms with E-state index in [4.69, 9.17) is 19.2 Å². The molecule has 0 aliphatic carbocycles. The number of nitrogens with one attached hydrogen (secondary N) is 1. The second kappa shape index (κ2) is 18.9. The van der Waals surface area contributed by atoms with Crippen LogP contribution in [0.5, 0.6) is 11.8 Å². The minimum Gasteiger partial charge on any atom is -0.468 e. The number of pyridine rings is 1. The average Bonchev–Trinajstić information content (AvgIpc) is 3.78. The van der Waals surface area contributed by atoms with Gasteiger partial charge in [0, 0.05) is 43.8 Å². The van der Waals surface area contributed by atoms with E-state index >= 15 is 8.78 Å². The van der Waals surface area contributed by atoms with Gasteiger partial charge in [0.25, 0.3) is 0 Å². The van der Waals surface area contributed by atoms with Crippen molar-refractivity contribution >= 4 is 35.6 Å². The number of alkyl halides is 1. The standard InChI is InChI=1S/C48H58F3N5O5Si/c1-29(2)62(30(3)4,31(5)6)19-15-37-40(50)13-12-34-21-36(61-28-59-7)22-38(42(34)37)44-43(51)45-39(46(54-44)52-17-14-32-10-8-11-33(20-32)41(58)26-57)24-53-47(55-45)60-27-48-16-9-18-56(48)25-35(49)23-48/h8,10-13,20-22,24,29-31,35,41,57-58H,9,14,16-18,23,25-28H2,1-7H3,(H,52,54)/t35-,41?,48+/m1/s1. The zero-order valence-corrected chi connectivity index (χ0v) is 37.7. The molecule has 2 aromatic heterocycles. The maximum absolute atomic E-state index is 17.6. The molecule has 4 heterocycles. The number of methoxy groups -OCH3 is 1. The second-order valence-corrected chi connectivity index (χ2v) is 23.3. The highest BCUT2D eigenvalue weighted by atomic mass is 28.3. The Kier molecular flexibility index (Phi) is 13.8. The molecule has 330 valence electrons. The van der Waals surface area contributed by atoms with Crippen LogP contribution in [0.3, 0.4) is 0 Å². The molecule has 0 radical (unpaired) electrons. The number of fused-ring (bicyclic) bond motifs is 3. The molecule has 0 spiro atoms. The van der Waals surface area contributed by atoms with Gasteiger partial charge in [0.1, 0.15) is 55.6 Å². The largest absolute Gasteiger partial charge is 0.468 e. The molecule has 2 saturated heterocycles. The van der Waals surface area contributed by atoms with Gasteiger partial charge in [0.2, 0.25) is 0 Å². The third-order valence-corrected chi connectivity index (χ3v) is 19.3. The van der Waals surface area contributed by atoms with Crippen molar-refractivity contribution in [2.24, 2.45) is 0 Å². The Labute approximate surface area is 363 Å². The fraction of sp³-hybridized carbons (Fsp3) is 0.479. The Hall–Kier alpha value is -4.78. The number of halogens is 3. The van der Waals surface area contributed by atoms with Crippen molar-refractivity contribution in [2.45, 2.75) is 102 Å². The zero-order chi connectivity index (χ0) is 44.3. The number of aliphatic hydroxyl groups is 2. The SMILES string of the molecule is COCOc1cc(-c2nc(NCCc3cccc(C(O)CO)c3)c3cnc(OC[C@@]45CCCN4C[C@H](F)C5)nc3c2F)c2c(C#C[Si](C(C)C)(C(C)C)C(C)C)c(F)ccc2c1. The van der Waals surface area contributed by atoms with E-state index in [0.717, 1.165) is 24.9 Å². The number of hydrogen-bond donors (Lipinski definition) is 3. The van der Waals surface area contributed by atoms with Crippen LogP contribution in [0.25, 0.3) is 32.9 Å². The highest BCUT2D eigenvalue weighted by Crippen LogP contribution is 2.43. The molecule has 3 aromatic carbocycles. The number of benzene rings is 3. The first-order chi connectivity index (χ1) is 29.7. The lowest BCUT2D eigenvalue weighted by atomic mass is 9.95. The van der Waals surface area contributed by atoms with Crippen LogP contribution < -0.4 is 14.8 Å². The lowest BCUT2D eigenvalue weighted by molar-refractivity contribution is 0.0512. The molecule has 0 bridgehead atoms. The number of hydrogen-bond acceptors (Lipinski definition) is 10. The van der Waals surface area contributed by atoms with Crippen molar-refractivity contribution in [2.75, 3.05) is 52.1 Å². The van der Waals surface area contributed by atoms with Gasteiger partial charge in [0.05, 0.1) is 23.1 Å². The summed E-state index contributed by atoms with van der Waals surface area (Å²) >= 11 is 0. The molecule has 5 aromatic rings. The van der Waals surface area contributed by atoms with Crippen molar-refractivity contribution < 1.29 is 37.6 Å². The van der Waals surface area contributed by atoms with E-state index in [9.17, 15) is 14.6 Å². The fourth-order valence-electron chi connectivity index (χ4n) is 9.99. The Morgan fingerprint density at radius 1 is 1.02 bits per heavy atom. The lowest BCUT2D eigenvalue weighted by Crippen LogP contribution is -2.43. The molecule has 14 heteroatoms. The van der Waals surface area contributed by atoms with Crippen LogP contribution in [-0.2, 0) is 11.2 Å². The van der Waals surface area contributed by atoms with Crippen LogP contribution in [0.4, 0.5) is 19.0 Å². The van der Waals surface area contributed by atoms with Crippen LogP contribution in [0.15, 0.2) is 54.7 Å². The second-order valence-electron chi connectivity index (χ2n) is 17.7. The van der Waals surface area contributed by atoms with Crippen molar-refractivity contribution in [1.82, 2.24) is 19.9 Å². The number of rotatable bonds is 16. The molecule has 10 nitrogen and oxygen atoms in total. The van der Waals surface area contributed by atoms with Crippen molar-refractivity contribution in [3.63, 3.8) is 0 Å². The molecule has 2 fully saturated rings. The van der Waals surface area contributed by atoms with Crippen molar-refractivity contribution in [3.05, 3.63) is 83.1 Å². The minimum absolute atomic E-state index is 0.0562. The van der Waals surface area contributed by atoms with Gasteiger partial charge in [0.15, 0.2) is 12.6 Å². The highest BCUT2D eigenvalue weighted by molar-refractivity contribution is 6.90. The third kappa shape index (κ3) is 8.88. The Bertz CT molecular complexity index is 2460. The third-order valence-electron chi connectivity index (χ3n) is 13.0. The number of ether oxygens (including phenoxy) is 3. The van der Waals surface area contributed by atoms with Gasteiger partial charge in [-0.05, 0) is 77.1 Å². The zero-order valence-electron chi connectivity index (χ0n) is 36.7. The van der Waals surface area contributed by atoms with Gasteiger partial charge in [-0.25, -0.2) is 23.1 Å². The summed E-state index contributed by atoms with van der Waals surface area (Å²) in [5.74, 6) is 2.63. The predicted octanol–water partition coefficient (Wildman–Crippen LogP) is 9.31.